The summed E-state index contributed by atoms with van der Waals surface area (Å²) < 4.78 is 11.1. The number of aliphatic hydroxyl groups excluding tert-OH is 1. The number of aliphatic hydroxyl groups is 1. The molecule has 2 aromatic carbocycles. The van der Waals surface area contributed by atoms with Crippen molar-refractivity contribution in [3.8, 4) is 11.5 Å². The second-order valence-electron chi connectivity index (χ2n) is 4.03. The Labute approximate surface area is 112 Å². The van der Waals surface area contributed by atoms with Crippen LogP contribution in [0.4, 0.5) is 5.69 Å². The van der Waals surface area contributed by atoms with Crippen LogP contribution in [0, 0.1) is 0 Å². The van der Waals surface area contributed by atoms with Gasteiger partial charge in [0.2, 0.25) is 0 Å². The lowest BCUT2D eigenvalue weighted by Gasteiger charge is -2.11. The first-order chi connectivity index (χ1) is 9.29. The van der Waals surface area contributed by atoms with E-state index in [0.29, 0.717) is 24.7 Å². The molecule has 3 N–H and O–H groups in total. The van der Waals surface area contributed by atoms with Crippen molar-refractivity contribution in [3.05, 3.63) is 54.1 Å². The van der Waals surface area contributed by atoms with Crippen molar-refractivity contribution in [1.82, 2.24) is 0 Å². The molecule has 0 unspecified atom stereocenters. The molecular weight excluding hydrogens is 242 g/mol. The summed E-state index contributed by atoms with van der Waals surface area (Å²) in [4.78, 5) is 0. The van der Waals surface area contributed by atoms with Gasteiger partial charge in [0.25, 0.3) is 0 Å². The molecule has 0 spiro atoms. The summed E-state index contributed by atoms with van der Waals surface area (Å²) in [6.07, 6.45) is 0. The molecule has 0 radical (unpaired) electrons. The predicted octanol–water partition coefficient (Wildman–Crippen LogP) is 2.22. The molecule has 0 fully saturated rings. The first-order valence-corrected chi connectivity index (χ1v) is 6.09. The highest BCUT2D eigenvalue weighted by Gasteiger charge is 2.01. The molecule has 0 saturated carbocycles. The minimum atomic E-state index is -0.0327. The van der Waals surface area contributed by atoms with Gasteiger partial charge in [0, 0.05) is 11.3 Å². The molecule has 2 rings (SSSR count). The van der Waals surface area contributed by atoms with E-state index in [4.69, 9.17) is 20.3 Å². The van der Waals surface area contributed by atoms with E-state index < -0.39 is 0 Å². The van der Waals surface area contributed by atoms with Crippen molar-refractivity contribution in [1.29, 1.82) is 0 Å². The van der Waals surface area contributed by atoms with Crippen molar-refractivity contribution in [2.24, 2.45) is 0 Å². The SMILES string of the molecule is Nc1ccc(OCCOc2ccccc2CO)cc1. The lowest BCUT2D eigenvalue weighted by Crippen LogP contribution is -2.10. The maximum atomic E-state index is 9.16. The Morgan fingerprint density at radius 3 is 2.32 bits per heavy atom. The number of anilines is 1. The highest BCUT2D eigenvalue weighted by atomic mass is 16.5. The summed E-state index contributed by atoms with van der Waals surface area (Å²) in [5.74, 6) is 1.44. The Kier molecular flexibility index (Phi) is 4.64. The van der Waals surface area contributed by atoms with Crippen LogP contribution in [0.15, 0.2) is 48.5 Å². The molecule has 0 aliphatic carbocycles. The van der Waals surface area contributed by atoms with Crippen LogP contribution in [0.2, 0.25) is 0 Å². The average Bonchev–Trinajstić information content (AvgIpc) is 2.46. The molecule has 0 bridgehead atoms. The number of benzene rings is 2. The summed E-state index contributed by atoms with van der Waals surface area (Å²) in [6, 6.07) is 14.6. The maximum Gasteiger partial charge on any atom is 0.124 e. The van der Waals surface area contributed by atoms with Crippen LogP contribution in [0.1, 0.15) is 5.56 Å². The van der Waals surface area contributed by atoms with Crippen LogP contribution in [0.5, 0.6) is 11.5 Å². The van der Waals surface area contributed by atoms with Crippen LogP contribution in [0.25, 0.3) is 0 Å². The summed E-state index contributed by atoms with van der Waals surface area (Å²) in [5, 5.41) is 9.16. The Morgan fingerprint density at radius 2 is 1.58 bits per heavy atom. The smallest absolute Gasteiger partial charge is 0.124 e. The fourth-order valence-electron chi connectivity index (χ4n) is 1.65. The van der Waals surface area contributed by atoms with Crippen molar-refractivity contribution < 1.29 is 14.6 Å². The van der Waals surface area contributed by atoms with E-state index in [1.165, 1.54) is 0 Å². The molecule has 19 heavy (non-hydrogen) atoms. The summed E-state index contributed by atoms with van der Waals surface area (Å²) in [6.45, 7) is 0.820. The van der Waals surface area contributed by atoms with Gasteiger partial charge in [0.1, 0.15) is 24.7 Å². The Bertz CT molecular complexity index is 511. The van der Waals surface area contributed by atoms with Gasteiger partial charge in [-0.3, -0.25) is 0 Å². The number of nitrogens with two attached hydrogens (primary N) is 1. The molecule has 0 aliphatic rings. The fraction of sp³-hybridized carbons (Fsp3) is 0.200. The average molecular weight is 259 g/mol. The molecular formula is C15H17NO3. The molecule has 0 amide bonds. The third-order valence-electron chi connectivity index (χ3n) is 2.63. The van der Waals surface area contributed by atoms with Crippen LogP contribution in [0.3, 0.4) is 0 Å². The number of hydrogen-bond acceptors (Lipinski definition) is 4. The van der Waals surface area contributed by atoms with Crippen molar-refractivity contribution in [2.75, 3.05) is 18.9 Å². The van der Waals surface area contributed by atoms with Gasteiger partial charge in [-0.25, -0.2) is 0 Å². The van der Waals surface area contributed by atoms with Gasteiger partial charge in [-0.05, 0) is 30.3 Å². The van der Waals surface area contributed by atoms with E-state index in [2.05, 4.69) is 0 Å². The molecule has 2 aromatic rings. The normalized spacial score (nSPS) is 10.2. The molecule has 0 saturated heterocycles. The van der Waals surface area contributed by atoms with E-state index in [1.807, 2.05) is 36.4 Å². The first-order valence-electron chi connectivity index (χ1n) is 6.09. The summed E-state index contributed by atoms with van der Waals surface area (Å²) in [5.41, 5.74) is 7.07. The van der Waals surface area contributed by atoms with E-state index in [-0.39, 0.29) is 6.61 Å². The largest absolute Gasteiger partial charge is 0.490 e. The van der Waals surface area contributed by atoms with Crippen molar-refractivity contribution in [3.63, 3.8) is 0 Å². The van der Waals surface area contributed by atoms with Crippen molar-refractivity contribution in [2.45, 2.75) is 6.61 Å². The summed E-state index contributed by atoms with van der Waals surface area (Å²) in [7, 11) is 0. The van der Waals surface area contributed by atoms with E-state index >= 15 is 0 Å². The molecule has 0 aromatic heterocycles. The molecule has 0 heterocycles. The van der Waals surface area contributed by atoms with Crippen LogP contribution in [-0.2, 0) is 6.61 Å². The first kappa shape index (κ1) is 13.2. The molecule has 100 valence electrons. The highest BCUT2D eigenvalue weighted by molar-refractivity contribution is 5.41. The van der Waals surface area contributed by atoms with E-state index in [9.17, 15) is 0 Å². The second-order valence-corrected chi connectivity index (χ2v) is 4.03. The third-order valence-corrected chi connectivity index (χ3v) is 2.63. The number of rotatable bonds is 6. The Morgan fingerprint density at radius 1 is 0.895 bits per heavy atom. The molecule has 0 atom stereocenters. The van der Waals surface area contributed by atoms with Gasteiger partial charge >= 0.3 is 0 Å². The maximum absolute atomic E-state index is 9.16. The monoisotopic (exact) mass is 259 g/mol. The standard InChI is InChI=1S/C15H17NO3/c16-13-5-7-14(8-6-13)18-9-10-19-15-4-2-1-3-12(15)11-17/h1-8,17H,9-11,16H2. The summed E-state index contributed by atoms with van der Waals surface area (Å²) >= 11 is 0. The zero-order valence-electron chi connectivity index (χ0n) is 10.6. The minimum Gasteiger partial charge on any atom is -0.490 e. The lowest BCUT2D eigenvalue weighted by molar-refractivity contribution is 0.210. The van der Waals surface area contributed by atoms with Gasteiger partial charge in [-0.2, -0.15) is 0 Å². The molecule has 4 heteroatoms. The lowest BCUT2D eigenvalue weighted by atomic mass is 10.2. The van der Waals surface area contributed by atoms with Gasteiger partial charge < -0.3 is 20.3 Å². The Hall–Kier alpha value is -2.20. The zero-order chi connectivity index (χ0) is 13.5. The number of hydrogen-bond donors (Lipinski definition) is 2. The number of nitrogen functional groups attached to an aromatic ring is 1. The van der Waals surface area contributed by atoms with Crippen molar-refractivity contribution >= 4 is 5.69 Å². The minimum absolute atomic E-state index is 0.0327. The number of ether oxygens (including phenoxy) is 2. The zero-order valence-corrected chi connectivity index (χ0v) is 10.6. The number of para-hydroxylation sites is 1. The fourth-order valence-corrected chi connectivity index (χ4v) is 1.65. The Balaban J connectivity index is 1.79. The van der Waals surface area contributed by atoms with Gasteiger partial charge in [0.15, 0.2) is 0 Å². The van der Waals surface area contributed by atoms with Gasteiger partial charge in [-0.15, -0.1) is 0 Å². The van der Waals surface area contributed by atoms with Crippen LogP contribution >= 0.6 is 0 Å². The van der Waals surface area contributed by atoms with Gasteiger partial charge in [-0.1, -0.05) is 18.2 Å². The third kappa shape index (κ3) is 3.89. The van der Waals surface area contributed by atoms with Gasteiger partial charge in [0.05, 0.1) is 6.61 Å². The topological polar surface area (TPSA) is 64.7 Å². The predicted molar refractivity (Wildman–Crippen MR) is 74.2 cm³/mol. The second kappa shape index (κ2) is 6.66. The molecule has 0 aliphatic heterocycles. The molecule has 4 nitrogen and oxygen atoms in total. The highest BCUT2D eigenvalue weighted by Crippen LogP contribution is 2.18. The quantitative estimate of drug-likeness (QED) is 0.616. The van der Waals surface area contributed by atoms with E-state index in [0.717, 1.165) is 11.3 Å². The van der Waals surface area contributed by atoms with Crippen LogP contribution in [-0.4, -0.2) is 18.3 Å². The van der Waals surface area contributed by atoms with E-state index in [1.54, 1.807) is 12.1 Å². The van der Waals surface area contributed by atoms with Crippen LogP contribution < -0.4 is 15.2 Å².